The molecule has 12 nitrogen and oxygen atoms in total. The van der Waals surface area contributed by atoms with E-state index in [9.17, 15) is 30.3 Å². The lowest BCUT2D eigenvalue weighted by molar-refractivity contribution is -0.398. The zero-order valence-corrected chi connectivity index (χ0v) is 24.0. The van der Waals surface area contributed by atoms with Crippen molar-refractivity contribution in [3.8, 4) is 28.4 Å². The molecular formula is C26H34BN3O9S. The van der Waals surface area contributed by atoms with Crippen LogP contribution in [0.4, 0.5) is 0 Å². The summed E-state index contributed by atoms with van der Waals surface area (Å²) in [6, 6.07) is 5.57. The Morgan fingerprint density at radius 1 is 1.25 bits per heavy atom. The number of methoxy groups -OCH3 is 1. The number of nitrogens with zero attached hydrogens (tertiary/aromatic N) is 3. The third-order valence-corrected chi connectivity index (χ3v) is 7.05. The lowest BCUT2D eigenvalue weighted by Gasteiger charge is -2.42. The maximum Gasteiger partial charge on any atom is 0.372 e. The van der Waals surface area contributed by atoms with Crippen molar-refractivity contribution in [3.05, 3.63) is 45.8 Å². The van der Waals surface area contributed by atoms with Crippen molar-refractivity contribution in [1.82, 2.24) is 14.7 Å². The van der Waals surface area contributed by atoms with Crippen LogP contribution < -0.4 is 9.47 Å². The average molecular weight is 575 g/mol. The van der Waals surface area contributed by atoms with E-state index >= 15 is 0 Å². The topological polar surface area (TPSA) is 167 Å². The quantitative estimate of drug-likeness (QED) is 0.172. The molecule has 3 aromatic rings. The minimum Gasteiger partial charge on any atom is -0.496 e. The summed E-state index contributed by atoms with van der Waals surface area (Å²) in [6.45, 7) is 6.23. The Morgan fingerprint density at radius 2 is 1.95 bits per heavy atom. The molecule has 1 aliphatic rings. The van der Waals surface area contributed by atoms with Crippen LogP contribution in [0.1, 0.15) is 49.3 Å². The highest BCUT2D eigenvalue weighted by molar-refractivity contribution is 7.08. The van der Waals surface area contributed by atoms with E-state index in [1.165, 1.54) is 25.2 Å². The molecule has 1 aromatic carbocycles. The van der Waals surface area contributed by atoms with E-state index in [4.69, 9.17) is 14.2 Å². The SMILES string of the molecule is BC(O)(O)OCC(C)(C)N(C(=O)c1nn(-c2ccsc2)c2c1COc1cc(OC)c(CC(C)C)cc1-2)C(O)(O)O. The van der Waals surface area contributed by atoms with Crippen LogP contribution in [0.15, 0.2) is 29.0 Å². The number of carbonyl (C=O) groups excluding carboxylic acids is 1. The van der Waals surface area contributed by atoms with Crippen LogP contribution in [0.5, 0.6) is 11.5 Å². The molecule has 0 aliphatic carbocycles. The van der Waals surface area contributed by atoms with Crippen LogP contribution in [-0.4, -0.2) is 85.2 Å². The fourth-order valence-electron chi connectivity index (χ4n) is 4.75. The first kappa shape index (κ1) is 30.0. The van der Waals surface area contributed by atoms with E-state index in [-0.39, 0.29) is 12.3 Å². The molecule has 4 rings (SSSR count). The molecule has 5 N–H and O–H groups in total. The van der Waals surface area contributed by atoms with Crippen LogP contribution in [-0.2, 0) is 17.8 Å². The maximum absolute atomic E-state index is 14.0. The van der Waals surface area contributed by atoms with Gasteiger partial charge in [0.25, 0.3) is 5.91 Å². The second kappa shape index (κ2) is 10.8. The molecular weight excluding hydrogens is 541 g/mol. The Bertz CT molecular complexity index is 1380. The van der Waals surface area contributed by atoms with Crippen molar-refractivity contribution in [2.75, 3.05) is 13.7 Å². The summed E-state index contributed by atoms with van der Waals surface area (Å²) in [5.41, 5.74) is 1.36. The molecule has 1 aliphatic heterocycles. The number of aliphatic hydroxyl groups is 5. The highest BCUT2D eigenvalue weighted by Gasteiger charge is 2.48. The van der Waals surface area contributed by atoms with E-state index in [1.807, 2.05) is 22.9 Å². The van der Waals surface area contributed by atoms with Gasteiger partial charge in [-0.1, -0.05) is 13.8 Å². The lowest BCUT2D eigenvalue weighted by Crippen LogP contribution is -2.63. The molecule has 0 fully saturated rings. The number of benzene rings is 1. The zero-order valence-electron chi connectivity index (χ0n) is 23.2. The van der Waals surface area contributed by atoms with Gasteiger partial charge in [0.1, 0.15) is 18.1 Å². The van der Waals surface area contributed by atoms with Gasteiger partial charge >= 0.3 is 6.10 Å². The molecule has 0 radical (unpaired) electrons. The van der Waals surface area contributed by atoms with Gasteiger partial charge in [-0.15, -0.1) is 0 Å². The smallest absolute Gasteiger partial charge is 0.372 e. The van der Waals surface area contributed by atoms with Crippen LogP contribution in [0.3, 0.4) is 0 Å². The molecule has 1 amide bonds. The number of ether oxygens (including phenoxy) is 3. The molecule has 216 valence electrons. The van der Waals surface area contributed by atoms with E-state index in [0.29, 0.717) is 44.8 Å². The largest absolute Gasteiger partial charge is 0.496 e. The average Bonchev–Trinajstić information content (AvgIpc) is 3.48. The van der Waals surface area contributed by atoms with Crippen molar-refractivity contribution in [2.45, 2.75) is 58.2 Å². The third-order valence-electron chi connectivity index (χ3n) is 6.38. The van der Waals surface area contributed by atoms with Crippen LogP contribution >= 0.6 is 11.3 Å². The van der Waals surface area contributed by atoms with Gasteiger partial charge in [0.05, 0.1) is 30.6 Å². The summed E-state index contributed by atoms with van der Waals surface area (Å²) in [5, 5.41) is 58.3. The number of thiophene rings is 1. The van der Waals surface area contributed by atoms with Gasteiger partial charge in [-0.3, -0.25) is 9.69 Å². The molecule has 0 saturated heterocycles. The van der Waals surface area contributed by atoms with Crippen LogP contribution in [0.25, 0.3) is 16.9 Å². The summed E-state index contributed by atoms with van der Waals surface area (Å²) in [6.07, 6.45) is -2.92. The Balaban J connectivity index is 1.90. The van der Waals surface area contributed by atoms with Gasteiger partial charge in [0.15, 0.2) is 5.69 Å². The number of carbonyl (C=O) groups is 1. The summed E-state index contributed by atoms with van der Waals surface area (Å²) < 4.78 is 18.2. The lowest BCUT2D eigenvalue weighted by atomic mass is 9.95. The molecule has 40 heavy (non-hydrogen) atoms. The van der Waals surface area contributed by atoms with Gasteiger partial charge in [-0.25, -0.2) is 4.68 Å². The molecule has 0 atom stereocenters. The fraction of sp³-hybridized carbons (Fsp3) is 0.462. The van der Waals surface area contributed by atoms with Crippen molar-refractivity contribution < 1.29 is 44.5 Å². The van der Waals surface area contributed by atoms with Crippen LogP contribution in [0, 0.1) is 5.92 Å². The monoisotopic (exact) mass is 575 g/mol. The molecule has 2 aromatic heterocycles. The molecule has 0 unspecified atom stereocenters. The van der Waals surface area contributed by atoms with Gasteiger partial charge < -0.3 is 39.7 Å². The highest BCUT2D eigenvalue weighted by atomic mass is 32.1. The fourth-order valence-corrected chi connectivity index (χ4v) is 5.37. The van der Waals surface area contributed by atoms with Gasteiger partial charge in [-0.2, -0.15) is 16.4 Å². The minimum atomic E-state index is -3.64. The number of hydrogen-bond acceptors (Lipinski definition) is 11. The summed E-state index contributed by atoms with van der Waals surface area (Å²) in [5.74, 6) is -2.08. The maximum atomic E-state index is 14.0. The van der Waals surface area contributed by atoms with Crippen molar-refractivity contribution in [2.24, 2.45) is 5.92 Å². The third kappa shape index (κ3) is 6.03. The molecule has 3 heterocycles. The standard InChI is InChI=1S/C26H34BN3O9S/c1-14(2)8-15-9-17-20(10-19(15)37-5)38-11-18-21(28-29(22(17)18)16-6-7-40-12-16)23(31)30(26(34,35)36)24(3,4)13-39-25(27,32)33/h6-7,9-10,12,14,32-36H,8,11,13,27H2,1-5H3. The van der Waals surface area contributed by atoms with Crippen LogP contribution in [0.2, 0.25) is 0 Å². The number of rotatable bonds is 10. The Hall–Kier alpha value is -2.98. The molecule has 0 bridgehead atoms. The first-order valence-electron chi connectivity index (χ1n) is 12.6. The van der Waals surface area contributed by atoms with Gasteiger partial charge in [0.2, 0.25) is 13.7 Å². The summed E-state index contributed by atoms with van der Waals surface area (Å²) in [4.78, 5) is 14.3. The van der Waals surface area contributed by atoms with Crippen molar-refractivity contribution >= 4 is 25.1 Å². The van der Waals surface area contributed by atoms with Crippen molar-refractivity contribution in [3.63, 3.8) is 0 Å². The van der Waals surface area contributed by atoms with E-state index in [2.05, 4.69) is 18.9 Å². The van der Waals surface area contributed by atoms with Gasteiger partial charge in [0, 0.05) is 22.6 Å². The molecule has 0 spiro atoms. The predicted octanol–water partition coefficient (Wildman–Crippen LogP) is 0.755. The normalized spacial score (nSPS) is 13.6. The Kier molecular flexibility index (Phi) is 8.08. The number of amides is 1. The Labute approximate surface area is 236 Å². The minimum absolute atomic E-state index is 0.0777. The number of hydrogen-bond donors (Lipinski definition) is 5. The molecule has 0 saturated carbocycles. The van der Waals surface area contributed by atoms with Gasteiger partial charge in [-0.05, 0) is 49.3 Å². The van der Waals surface area contributed by atoms with E-state index in [0.717, 1.165) is 19.8 Å². The number of fused-ring (bicyclic) bond motifs is 3. The second-order valence-corrected chi connectivity index (χ2v) is 11.7. The summed E-state index contributed by atoms with van der Waals surface area (Å²) >= 11 is 1.43. The first-order valence-corrected chi connectivity index (χ1v) is 13.6. The zero-order chi connectivity index (χ0) is 29.6. The highest BCUT2D eigenvalue weighted by Crippen LogP contribution is 2.44. The second-order valence-electron chi connectivity index (χ2n) is 10.9. The molecule has 14 heteroatoms. The Morgan fingerprint density at radius 3 is 2.50 bits per heavy atom. The van der Waals surface area contributed by atoms with E-state index in [1.54, 1.807) is 17.9 Å². The number of aromatic nitrogens is 2. The predicted molar refractivity (Wildman–Crippen MR) is 148 cm³/mol. The van der Waals surface area contributed by atoms with E-state index < -0.39 is 30.0 Å². The first-order chi connectivity index (χ1) is 18.5. The summed E-state index contributed by atoms with van der Waals surface area (Å²) in [7, 11) is 2.54. The van der Waals surface area contributed by atoms with Crippen molar-refractivity contribution in [1.29, 1.82) is 0 Å².